The van der Waals surface area contributed by atoms with Gasteiger partial charge in [-0.3, -0.25) is 0 Å². The summed E-state index contributed by atoms with van der Waals surface area (Å²) in [6, 6.07) is 6.91. The van der Waals surface area contributed by atoms with Gasteiger partial charge < -0.3 is 10.5 Å². The third kappa shape index (κ3) is 3.71. The fraction of sp³-hybridized carbons (Fsp3) is 0.538. The first-order valence-corrected chi connectivity index (χ1v) is 7.80. The maximum atomic E-state index is 12.5. The number of benzene rings is 1. The molecular weight excluding hydrogens is 300 g/mol. The van der Waals surface area contributed by atoms with E-state index in [9.17, 15) is 8.42 Å². The summed E-state index contributed by atoms with van der Waals surface area (Å²) in [6.07, 6.45) is 0.841. The number of nitrogens with two attached hydrogens (primary N) is 1. The molecule has 1 aliphatic heterocycles. The standard InChI is InChI=1S/C13H20N2O3S.ClH/c1-18-10-11-3-2-4-13(7-11)19(16,17)15-6-5-12(8-14)9-15;/h2-4,7,12H,5-6,8-10,14H2,1H3;1H. The maximum Gasteiger partial charge on any atom is 0.243 e. The van der Waals surface area contributed by atoms with Crippen LogP contribution in [0, 0.1) is 5.92 Å². The molecular formula is C13H21ClN2O3S. The van der Waals surface area contributed by atoms with Crippen molar-refractivity contribution < 1.29 is 13.2 Å². The summed E-state index contributed by atoms with van der Waals surface area (Å²) in [4.78, 5) is 0.333. The first-order valence-electron chi connectivity index (χ1n) is 6.36. The van der Waals surface area contributed by atoms with Crippen molar-refractivity contribution in [2.45, 2.75) is 17.9 Å². The Balaban J connectivity index is 0.00000200. The van der Waals surface area contributed by atoms with E-state index in [1.807, 2.05) is 6.07 Å². The van der Waals surface area contributed by atoms with Crippen molar-refractivity contribution in [2.75, 3.05) is 26.7 Å². The summed E-state index contributed by atoms with van der Waals surface area (Å²) in [5, 5.41) is 0. The fourth-order valence-electron chi connectivity index (χ4n) is 2.32. The molecule has 0 aromatic heterocycles. The molecule has 0 saturated carbocycles. The van der Waals surface area contributed by atoms with Crippen LogP contribution in [-0.2, 0) is 21.4 Å². The van der Waals surface area contributed by atoms with E-state index in [2.05, 4.69) is 0 Å². The van der Waals surface area contributed by atoms with Gasteiger partial charge in [-0.15, -0.1) is 12.4 Å². The highest BCUT2D eigenvalue weighted by molar-refractivity contribution is 7.89. The largest absolute Gasteiger partial charge is 0.380 e. The van der Waals surface area contributed by atoms with Crippen LogP contribution in [0.15, 0.2) is 29.2 Å². The number of methoxy groups -OCH3 is 1. The molecule has 7 heteroatoms. The monoisotopic (exact) mass is 320 g/mol. The SMILES string of the molecule is COCc1cccc(S(=O)(=O)N2CCC(CN)C2)c1.Cl. The van der Waals surface area contributed by atoms with Gasteiger partial charge in [0.05, 0.1) is 11.5 Å². The van der Waals surface area contributed by atoms with Crippen molar-refractivity contribution in [1.29, 1.82) is 0 Å². The molecule has 5 nitrogen and oxygen atoms in total. The van der Waals surface area contributed by atoms with E-state index in [1.165, 1.54) is 4.31 Å². The van der Waals surface area contributed by atoms with Gasteiger partial charge in [-0.2, -0.15) is 4.31 Å². The number of rotatable bonds is 5. The molecule has 1 unspecified atom stereocenters. The third-order valence-corrected chi connectivity index (χ3v) is 5.29. The van der Waals surface area contributed by atoms with Crippen LogP contribution in [-0.4, -0.2) is 39.5 Å². The van der Waals surface area contributed by atoms with Crippen LogP contribution >= 0.6 is 12.4 Å². The summed E-state index contributed by atoms with van der Waals surface area (Å²) in [5.74, 6) is 0.275. The van der Waals surface area contributed by atoms with E-state index in [1.54, 1.807) is 25.3 Å². The first kappa shape index (κ1) is 17.4. The van der Waals surface area contributed by atoms with Gasteiger partial charge in [0.1, 0.15) is 0 Å². The average molecular weight is 321 g/mol. The van der Waals surface area contributed by atoms with Gasteiger partial charge in [0.15, 0.2) is 0 Å². The minimum absolute atomic E-state index is 0. The molecule has 1 heterocycles. The maximum absolute atomic E-state index is 12.5. The molecule has 1 atom stereocenters. The Bertz CT molecular complexity index is 536. The van der Waals surface area contributed by atoms with Crippen molar-refractivity contribution >= 4 is 22.4 Å². The van der Waals surface area contributed by atoms with Crippen molar-refractivity contribution in [3.63, 3.8) is 0 Å². The van der Waals surface area contributed by atoms with Crippen molar-refractivity contribution in [1.82, 2.24) is 4.31 Å². The second-order valence-corrected chi connectivity index (χ2v) is 6.77. The average Bonchev–Trinajstić information content (AvgIpc) is 2.89. The van der Waals surface area contributed by atoms with E-state index in [0.29, 0.717) is 31.1 Å². The number of halogens is 1. The smallest absolute Gasteiger partial charge is 0.243 e. The molecule has 1 aromatic rings. The van der Waals surface area contributed by atoms with E-state index >= 15 is 0 Å². The zero-order chi connectivity index (χ0) is 13.9. The quantitative estimate of drug-likeness (QED) is 0.885. The minimum Gasteiger partial charge on any atom is -0.380 e. The van der Waals surface area contributed by atoms with E-state index in [0.717, 1.165) is 12.0 Å². The highest BCUT2D eigenvalue weighted by atomic mass is 35.5. The molecule has 0 radical (unpaired) electrons. The Morgan fingerprint density at radius 2 is 2.20 bits per heavy atom. The predicted molar refractivity (Wildman–Crippen MR) is 80.3 cm³/mol. The second kappa shape index (κ2) is 7.38. The van der Waals surface area contributed by atoms with Gasteiger partial charge >= 0.3 is 0 Å². The van der Waals surface area contributed by atoms with Crippen LogP contribution in [0.3, 0.4) is 0 Å². The predicted octanol–water partition coefficient (Wildman–Crippen LogP) is 1.22. The molecule has 0 aliphatic carbocycles. The molecule has 1 aliphatic rings. The van der Waals surface area contributed by atoms with E-state index in [4.69, 9.17) is 10.5 Å². The van der Waals surface area contributed by atoms with Crippen LogP contribution in [0.4, 0.5) is 0 Å². The molecule has 1 fully saturated rings. The molecule has 2 rings (SSSR count). The topological polar surface area (TPSA) is 72.6 Å². The van der Waals surface area contributed by atoms with Crippen LogP contribution in [0.25, 0.3) is 0 Å². The van der Waals surface area contributed by atoms with Crippen molar-refractivity contribution in [2.24, 2.45) is 11.7 Å². The third-order valence-electron chi connectivity index (χ3n) is 3.43. The highest BCUT2D eigenvalue weighted by Crippen LogP contribution is 2.24. The Kier molecular flexibility index (Phi) is 6.42. The van der Waals surface area contributed by atoms with Crippen molar-refractivity contribution in [3.8, 4) is 0 Å². The lowest BCUT2D eigenvalue weighted by atomic mass is 10.1. The van der Waals surface area contributed by atoms with Crippen molar-refractivity contribution in [3.05, 3.63) is 29.8 Å². The lowest BCUT2D eigenvalue weighted by Crippen LogP contribution is -2.30. The summed E-state index contributed by atoms with van der Waals surface area (Å²) >= 11 is 0. The van der Waals surface area contributed by atoms with Crippen LogP contribution in [0.5, 0.6) is 0 Å². The number of nitrogens with zero attached hydrogens (tertiary/aromatic N) is 1. The highest BCUT2D eigenvalue weighted by Gasteiger charge is 2.31. The lowest BCUT2D eigenvalue weighted by molar-refractivity contribution is 0.184. The molecule has 0 amide bonds. The molecule has 20 heavy (non-hydrogen) atoms. The van der Waals surface area contributed by atoms with Crippen LogP contribution < -0.4 is 5.73 Å². The molecule has 1 aromatic carbocycles. The van der Waals surface area contributed by atoms with E-state index in [-0.39, 0.29) is 18.3 Å². The molecule has 0 bridgehead atoms. The number of hydrogen-bond acceptors (Lipinski definition) is 4. The zero-order valence-electron chi connectivity index (χ0n) is 11.5. The molecule has 2 N–H and O–H groups in total. The van der Waals surface area contributed by atoms with Gasteiger partial charge in [-0.1, -0.05) is 12.1 Å². The number of sulfonamides is 1. The summed E-state index contributed by atoms with van der Waals surface area (Å²) in [7, 11) is -1.81. The van der Waals surface area contributed by atoms with Gasteiger partial charge in [-0.25, -0.2) is 8.42 Å². The van der Waals surface area contributed by atoms with Gasteiger partial charge in [0.2, 0.25) is 10.0 Å². The van der Waals surface area contributed by atoms with Crippen LogP contribution in [0.2, 0.25) is 0 Å². The minimum atomic E-state index is -3.40. The summed E-state index contributed by atoms with van der Waals surface area (Å²) in [5.41, 5.74) is 6.46. The second-order valence-electron chi connectivity index (χ2n) is 4.83. The lowest BCUT2D eigenvalue weighted by Gasteiger charge is -2.16. The van der Waals surface area contributed by atoms with Gasteiger partial charge in [0.25, 0.3) is 0 Å². The Labute approximate surface area is 126 Å². The summed E-state index contributed by atoms with van der Waals surface area (Å²) < 4.78 is 31.5. The van der Waals surface area contributed by atoms with E-state index < -0.39 is 10.0 Å². The number of hydrogen-bond donors (Lipinski definition) is 1. The molecule has 0 spiro atoms. The molecule has 114 valence electrons. The Morgan fingerprint density at radius 1 is 1.45 bits per heavy atom. The summed E-state index contributed by atoms with van der Waals surface area (Å²) in [6.45, 7) is 2.02. The fourth-order valence-corrected chi connectivity index (χ4v) is 3.92. The molecule has 1 saturated heterocycles. The normalized spacial score (nSPS) is 19.8. The number of ether oxygens (including phenoxy) is 1. The first-order chi connectivity index (χ1) is 9.07. The Hall–Kier alpha value is -0.660. The van der Waals surface area contributed by atoms with Crippen LogP contribution in [0.1, 0.15) is 12.0 Å². The zero-order valence-corrected chi connectivity index (χ0v) is 13.1. The Morgan fingerprint density at radius 3 is 2.80 bits per heavy atom. The van der Waals surface area contributed by atoms with Gasteiger partial charge in [-0.05, 0) is 36.6 Å². The van der Waals surface area contributed by atoms with Gasteiger partial charge in [0, 0.05) is 20.2 Å².